The molecule has 94 valence electrons. The maximum absolute atomic E-state index is 6.18. The molecule has 1 unspecified atom stereocenters. The first-order valence-corrected chi connectivity index (χ1v) is 6.44. The number of halogens is 2. The first-order chi connectivity index (χ1) is 8.56. The molecule has 0 fully saturated rings. The molecule has 1 aromatic carbocycles. The standard InChI is InChI=1S/C14H14Cl2N2/c1-9-6-11(4-5-18-9)14(17)8-10-2-3-12(15)13(16)7-10/h2-7,14H,8,17H2,1H3. The Labute approximate surface area is 117 Å². The highest BCUT2D eigenvalue weighted by molar-refractivity contribution is 6.42. The molecule has 0 aliphatic rings. The molecular formula is C14H14Cl2N2. The zero-order valence-electron chi connectivity index (χ0n) is 10.0. The molecule has 1 aromatic heterocycles. The summed E-state index contributed by atoms with van der Waals surface area (Å²) in [5.41, 5.74) is 9.30. The van der Waals surface area contributed by atoms with E-state index in [0.717, 1.165) is 23.2 Å². The van der Waals surface area contributed by atoms with Crippen LogP contribution in [0, 0.1) is 6.92 Å². The van der Waals surface area contributed by atoms with Crippen molar-refractivity contribution in [3.63, 3.8) is 0 Å². The van der Waals surface area contributed by atoms with Crippen molar-refractivity contribution in [1.82, 2.24) is 4.98 Å². The van der Waals surface area contributed by atoms with Crippen molar-refractivity contribution >= 4 is 23.2 Å². The van der Waals surface area contributed by atoms with Gasteiger partial charge in [0.05, 0.1) is 10.0 Å². The zero-order chi connectivity index (χ0) is 13.1. The third kappa shape index (κ3) is 3.22. The lowest BCUT2D eigenvalue weighted by atomic mass is 10.00. The Morgan fingerprint density at radius 3 is 2.61 bits per heavy atom. The van der Waals surface area contributed by atoms with Crippen molar-refractivity contribution in [2.24, 2.45) is 5.73 Å². The van der Waals surface area contributed by atoms with E-state index in [1.54, 1.807) is 12.3 Å². The number of hydrogen-bond acceptors (Lipinski definition) is 2. The van der Waals surface area contributed by atoms with Gasteiger partial charge in [0.1, 0.15) is 0 Å². The maximum atomic E-state index is 6.18. The minimum Gasteiger partial charge on any atom is -0.324 e. The Morgan fingerprint density at radius 1 is 1.17 bits per heavy atom. The lowest BCUT2D eigenvalue weighted by Crippen LogP contribution is -2.13. The van der Waals surface area contributed by atoms with Gasteiger partial charge in [0, 0.05) is 17.9 Å². The van der Waals surface area contributed by atoms with E-state index in [-0.39, 0.29) is 6.04 Å². The minimum absolute atomic E-state index is 0.0658. The average molecular weight is 281 g/mol. The quantitative estimate of drug-likeness (QED) is 0.925. The molecule has 0 saturated heterocycles. The summed E-state index contributed by atoms with van der Waals surface area (Å²) in [6.45, 7) is 1.95. The number of pyridine rings is 1. The second kappa shape index (κ2) is 5.70. The van der Waals surface area contributed by atoms with Gasteiger partial charge in [0.2, 0.25) is 0 Å². The molecule has 0 aliphatic heterocycles. The van der Waals surface area contributed by atoms with Crippen LogP contribution in [0.4, 0.5) is 0 Å². The van der Waals surface area contributed by atoms with Crippen molar-refractivity contribution in [3.05, 3.63) is 63.4 Å². The number of aromatic nitrogens is 1. The molecule has 1 atom stereocenters. The first-order valence-electron chi connectivity index (χ1n) is 5.68. The van der Waals surface area contributed by atoms with E-state index in [1.165, 1.54) is 0 Å². The summed E-state index contributed by atoms with van der Waals surface area (Å²) in [7, 11) is 0. The van der Waals surface area contributed by atoms with E-state index in [4.69, 9.17) is 28.9 Å². The van der Waals surface area contributed by atoms with Gasteiger partial charge in [0.25, 0.3) is 0 Å². The van der Waals surface area contributed by atoms with E-state index in [1.807, 2.05) is 31.2 Å². The SMILES string of the molecule is Cc1cc(C(N)Cc2ccc(Cl)c(Cl)c2)ccn1. The number of nitrogens with two attached hydrogens (primary N) is 1. The van der Waals surface area contributed by atoms with Gasteiger partial charge in [-0.25, -0.2) is 0 Å². The normalized spacial score (nSPS) is 12.4. The van der Waals surface area contributed by atoms with Gasteiger partial charge in [-0.05, 0) is 48.7 Å². The number of benzene rings is 1. The summed E-state index contributed by atoms with van der Waals surface area (Å²) in [6, 6.07) is 9.48. The van der Waals surface area contributed by atoms with Crippen molar-refractivity contribution in [3.8, 4) is 0 Å². The van der Waals surface area contributed by atoms with Gasteiger partial charge in [-0.3, -0.25) is 4.98 Å². The fourth-order valence-corrected chi connectivity index (χ4v) is 2.16. The number of hydrogen-bond donors (Lipinski definition) is 1. The molecular weight excluding hydrogens is 267 g/mol. The van der Waals surface area contributed by atoms with Crippen LogP contribution in [0.1, 0.15) is 22.9 Å². The molecule has 1 heterocycles. The largest absolute Gasteiger partial charge is 0.324 e. The third-order valence-electron chi connectivity index (χ3n) is 2.79. The summed E-state index contributed by atoms with van der Waals surface area (Å²) in [5, 5.41) is 1.13. The number of nitrogens with zero attached hydrogens (tertiary/aromatic N) is 1. The van der Waals surface area contributed by atoms with Gasteiger partial charge < -0.3 is 5.73 Å². The summed E-state index contributed by atoms with van der Waals surface area (Å²) >= 11 is 11.9. The van der Waals surface area contributed by atoms with E-state index in [2.05, 4.69) is 4.98 Å². The summed E-state index contributed by atoms with van der Waals surface area (Å²) in [4.78, 5) is 4.16. The highest BCUT2D eigenvalue weighted by atomic mass is 35.5. The Hall–Kier alpha value is -1.09. The highest BCUT2D eigenvalue weighted by Crippen LogP contribution is 2.25. The van der Waals surface area contributed by atoms with Gasteiger partial charge >= 0.3 is 0 Å². The topological polar surface area (TPSA) is 38.9 Å². The van der Waals surface area contributed by atoms with E-state index >= 15 is 0 Å². The van der Waals surface area contributed by atoms with Gasteiger partial charge in [-0.2, -0.15) is 0 Å². The molecule has 2 N–H and O–H groups in total. The molecule has 0 aliphatic carbocycles. The molecule has 0 spiro atoms. The summed E-state index contributed by atoms with van der Waals surface area (Å²) in [5.74, 6) is 0. The van der Waals surface area contributed by atoms with Crippen LogP contribution in [0.15, 0.2) is 36.5 Å². The summed E-state index contributed by atoms with van der Waals surface area (Å²) < 4.78 is 0. The molecule has 0 radical (unpaired) electrons. The molecule has 4 heteroatoms. The van der Waals surface area contributed by atoms with Crippen molar-refractivity contribution in [2.45, 2.75) is 19.4 Å². The van der Waals surface area contributed by atoms with Gasteiger partial charge in [-0.1, -0.05) is 29.3 Å². The van der Waals surface area contributed by atoms with Crippen LogP contribution >= 0.6 is 23.2 Å². The first kappa shape index (κ1) is 13.3. The second-order valence-electron chi connectivity index (χ2n) is 4.29. The Kier molecular flexibility index (Phi) is 4.23. The van der Waals surface area contributed by atoms with E-state index in [0.29, 0.717) is 10.0 Å². The van der Waals surface area contributed by atoms with Crippen molar-refractivity contribution < 1.29 is 0 Å². The average Bonchev–Trinajstić information content (AvgIpc) is 2.34. The third-order valence-corrected chi connectivity index (χ3v) is 3.53. The van der Waals surface area contributed by atoms with Gasteiger partial charge in [0.15, 0.2) is 0 Å². The smallest absolute Gasteiger partial charge is 0.0595 e. The minimum atomic E-state index is -0.0658. The predicted molar refractivity (Wildman–Crippen MR) is 76.1 cm³/mol. The Balaban J connectivity index is 2.16. The Bertz CT molecular complexity index is 555. The molecule has 18 heavy (non-hydrogen) atoms. The Morgan fingerprint density at radius 2 is 1.94 bits per heavy atom. The summed E-state index contributed by atoms with van der Waals surface area (Å²) in [6.07, 6.45) is 2.50. The zero-order valence-corrected chi connectivity index (χ0v) is 11.5. The second-order valence-corrected chi connectivity index (χ2v) is 5.10. The number of aryl methyl sites for hydroxylation is 1. The monoisotopic (exact) mass is 280 g/mol. The molecule has 0 amide bonds. The lowest BCUT2D eigenvalue weighted by Gasteiger charge is -2.13. The maximum Gasteiger partial charge on any atom is 0.0595 e. The van der Waals surface area contributed by atoms with Crippen LogP contribution in [0.25, 0.3) is 0 Å². The fourth-order valence-electron chi connectivity index (χ4n) is 1.84. The van der Waals surface area contributed by atoms with Crippen LogP contribution in [0.3, 0.4) is 0 Å². The van der Waals surface area contributed by atoms with Crippen molar-refractivity contribution in [2.75, 3.05) is 0 Å². The fraction of sp³-hybridized carbons (Fsp3) is 0.214. The molecule has 0 saturated carbocycles. The van der Waals surface area contributed by atoms with E-state index in [9.17, 15) is 0 Å². The van der Waals surface area contributed by atoms with Crippen molar-refractivity contribution in [1.29, 1.82) is 0 Å². The molecule has 0 bridgehead atoms. The van der Waals surface area contributed by atoms with E-state index < -0.39 is 0 Å². The van der Waals surface area contributed by atoms with Crippen LogP contribution in [-0.2, 0) is 6.42 Å². The van der Waals surface area contributed by atoms with Crippen LogP contribution in [-0.4, -0.2) is 4.98 Å². The van der Waals surface area contributed by atoms with Crippen LogP contribution in [0.5, 0.6) is 0 Å². The van der Waals surface area contributed by atoms with Crippen LogP contribution in [0.2, 0.25) is 10.0 Å². The number of rotatable bonds is 3. The van der Waals surface area contributed by atoms with Gasteiger partial charge in [-0.15, -0.1) is 0 Å². The molecule has 2 rings (SSSR count). The molecule has 2 aromatic rings. The van der Waals surface area contributed by atoms with Crippen LogP contribution < -0.4 is 5.73 Å². The molecule has 2 nitrogen and oxygen atoms in total. The lowest BCUT2D eigenvalue weighted by molar-refractivity contribution is 0.719. The highest BCUT2D eigenvalue weighted by Gasteiger charge is 2.08. The predicted octanol–water partition coefficient (Wildman–Crippen LogP) is 3.94.